The minimum absolute atomic E-state index is 0. The fourth-order valence-corrected chi connectivity index (χ4v) is 3.28. The summed E-state index contributed by atoms with van der Waals surface area (Å²) >= 11 is 15.7. The van der Waals surface area contributed by atoms with E-state index < -0.39 is 0 Å². The van der Waals surface area contributed by atoms with E-state index in [0.717, 1.165) is 37.0 Å². The van der Waals surface area contributed by atoms with Crippen LogP contribution >= 0.6 is 51.5 Å². The number of rotatable bonds is 7. The molecule has 0 spiro atoms. The maximum absolute atomic E-state index is 6.21. The van der Waals surface area contributed by atoms with Crippen LogP contribution in [0.2, 0.25) is 10.0 Å². The van der Waals surface area contributed by atoms with Gasteiger partial charge in [0.05, 0.1) is 0 Å². The van der Waals surface area contributed by atoms with E-state index in [4.69, 9.17) is 27.9 Å². The first-order chi connectivity index (χ1) is 12.6. The minimum Gasteiger partial charge on any atom is -0.489 e. The summed E-state index contributed by atoms with van der Waals surface area (Å²) in [6, 6.07) is 21.5. The van der Waals surface area contributed by atoms with Crippen molar-refractivity contribution in [1.82, 2.24) is 5.32 Å². The van der Waals surface area contributed by atoms with Crippen LogP contribution < -0.4 is 10.1 Å². The van der Waals surface area contributed by atoms with Crippen LogP contribution in [-0.2, 0) is 19.7 Å². The second-order valence-corrected chi connectivity index (χ2v) is 7.62. The van der Waals surface area contributed by atoms with E-state index in [1.807, 2.05) is 60.7 Å². The van der Waals surface area contributed by atoms with Crippen LogP contribution in [0.1, 0.15) is 16.7 Å². The maximum atomic E-state index is 6.21. The molecule has 0 aromatic heterocycles. The summed E-state index contributed by atoms with van der Waals surface area (Å²) in [4.78, 5) is 0. The van der Waals surface area contributed by atoms with Gasteiger partial charge in [-0.05, 0) is 47.5 Å². The molecule has 1 N–H and O–H groups in total. The van der Waals surface area contributed by atoms with Gasteiger partial charge in [0.25, 0.3) is 0 Å². The summed E-state index contributed by atoms with van der Waals surface area (Å²) in [7, 11) is 0. The molecule has 0 heterocycles. The Balaban J connectivity index is 0.00000261. The highest BCUT2D eigenvalue weighted by atomic mass is 79.9. The average Bonchev–Trinajstić information content (AvgIpc) is 2.64. The number of hydrogen-bond donors (Lipinski definition) is 1. The molecule has 0 unspecified atom stereocenters. The molecule has 0 saturated heterocycles. The number of ether oxygens (including phenoxy) is 1. The average molecular weight is 488 g/mol. The van der Waals surface area contributed by atoms with Gasteiger partial charge in [0.15, 0.2) is 0 Å². The molecule has 0 amide bonds. The molecule has 3 aromatic rings. The summed E-state index contributed by atoms with van der Waals surface area (Å²) in [6.45, 7) is 1.87. The van der Waals surface area contributed by atoms with E-state index in [-0.39, 0.29) is 12.4 Å². The van der Waals surface area contributed by atoms with Crippen molar-refractivity contribution < 1.29 is 4.74 Å². The molecule has 3 rings (SSSR count). The predicted octanol–water partition coefficient (Wildman–Crippen LogP) is 7.05. The van der Waals surface area contributed by atoms with Crippen LogP contribution in [0.3, 0.4) is 0 Å². The Kier molecular flexibility index (Phi) is 8.94. The minimum atomic E-state index is 0. The molecular weight excluding hydrogens is 469 g/mol. The van der Waals surface area contributed by atoms with Crippen molar-refractivity contribution in [1.29, 1.82) is 0 Å². The smallest absolute Gasteiger partial charge is 0.124 e. The third-order valence-electron chi connectivity index (χ3n) is 3.92. The number of nitrogens with one attached hydrogen (secondary N) is 1. The Hall–Kier alpha value is -1.23. The molecular formula is C21H19BrCl3NO. The number of halogens is 4. The molecule has 0 aliphatic heterocycles. The van der Waals surface area contributed by atoms with E-state index in [0.29, 0.717) is 19.7 Å². The van der Waals surface area contributed by atoms with Gasteiger partial charge in [-0.1, -0.05) is 69.5 Å². The van der Waals surface area contributed by atoms with Gasteiger partial charge in [-0.3, -0.25) is 0 Å². The number of hydrogen-bond acceptors (Lipinski definition) is 2. The Morgan fingerprint density at radius 2 is 1.56 bits per heavy atom. The van der Waals surface area contributed by atoms with Gasteiger partial charge < -0.3 is 10.1 Å². The van der Waals surface area contributed by atoms with Gasteiger partial charge in [-0.25, -0.2) is 0 Å². The Morgan fingerprint density at radius 1 is 0.852 bits per heavy atom. The first-order valence-electron chi connectivity index (χ1n) is 8.21. The molecule has 0 radical (unpaired) electrons. The van der Waals surface area contributed by atoms with E-state index in [2.05, 4.69) is 27.3 Å². The van der Waals surface area contributed by atoms with E-state index in [9.17, 15) is 0 Å². The van der Waals surface area contributed by atoms with Crippen molar-refractivity contribution in [3.63, 3.8) is 0 Å². The van der Waals surface area contributed by atoms with E-state index in [1.54, 1.807) is 0 Å². The summed E-state index contributed by atoms with van der Waals surface area (Å²) in [6.07, 6.45) is 0. The zero-order valence-electron chi connectivity index (χ0n) is 14.4. The lowest BCUT2D eigenvalue weighted by Gasteiger charge is -2.13. The van der Waals surface area contributed by atoms with Gasteiger partial charge in [-0.15, -0.1) is 12.4 Å². The molecule has 0 bridgehead atoms. The summed E-state index contributed by atoms with van der Waals surface area (Å²) in [5, 5.41) is 4.93. The zero-order chi connectivity index (χ0) is 18.4. The lowest BCUT2D eigenvalue weighted by Crippen LogP contribution is -2.14. The summed E-state index contributed by atoms with van der Waals surface area (Å²) < 4.78 is 7.03. The van der Waals surface area contributed by atoms with Crippen LogP contribution in [0.15, 0.2) is 71.2 Å². The Labute approximate surface area is 184 Å². The van der Waals surface area contributed by atoms with Crippen LogP contribution in [0.25, 0.3) is 0 Å². The molecule has 2 nitrogen and oxygen atoms in total. The highest BCUT2D eigenvalue weighted by Gasteiger charge is 2.06. The Morgan fingerprint density at radius 3 is 2.30 bits per heavy atom. The topological polar surface area (TPSA) is 21.3 Å². The third-order valence-corrected chi connectivity index (χ3v) is 5.03. The highest BCUT2D eigenvalue weighted by Crippen LogP contribution is 2.25. The highest BCUT2D eigenvalue weighted by molar-refractivity contribution is 9.10. The molecule has 0 fully saturated rings. The quantitative estimate of drug-likeness (QED) is 0.386. The third kappa shape index (κ3) is 6.70. The standard InChI is InChI=1S/C21H18BrCl2NO.ClH/c22-18-7-10-21(26-14-15-5-8-19(23)9-6-15)17(11-18)13-25-12-16-3-1-2-4-20(16)24;/h1-11,25H,12-14H2;1H. The van der Waals surface area contributed by atoms with Gasteiger partial charge in [0.2, 0.25) is 0 Å². The molecule has 0 aliphatic carbocycles. The zero-order valence-corrected chi connectivity index (χ0v) is 18.3. The maximum Gasteiger partial charge on any atom is 0.124 e. The molecule has 27 heavy (non-hydrogen) atoms. The van der Waals surface area contributed by atoms with Gasteiger partial charge in [0, 0.05) is 33.2 Å². The normalized spacial score (nSPS) is 10.3. The monoisotopic (exact) mass is 485 g/mol. The lowest BCUT2D eigenvalue weighted by molar-refractivity contribution is 0.302. The van der Waals surface area contributed by atoms with Crippen LogP contribution in [0.5, 0.6) is 5.75 Å². The molecule has 0 aliphatic rings. The van der Waals surface area contributed by atoms with Crippen molar-refractivity contribution in [2.75, 3.05) is 0 Å². The fraction of sp³-hybridized carbons (Fsp3) is 0.143. The van der Waals surface area contributed by atoms with Crippen molar-refractivity contribution in [3.05, 3.63) is 97.9 Å². The SMILES string of the molecule is Cl.Clc1ccc(COc2ccc(Br)cc2CNCc2ccccc2Cl)cc1. The van der Waals surface area contributed by atoms with Crippen molar-refractivity contribution in [3.8, 4) is 5.75 Å². The lowest BCUT2D eigenvalue weighted by atomic mass is 10.1. The van der Waals surface area contributed by atoms with E-state index >= 15 is 0 Å². The molecule has 0 saturated carbocycles. The predicted molar refractivity (Wildman–Crippen MR) is 119 cm³/mol. The van der Waals surface area contributed by atoms with Gasteiger partial charge >= 0.3 is 0 Å². The largest absolute Gasteiger partial charge is 0.489 e. The molecule has 0 atom stereocenters. The first kappa shape index (κ1) is 22.1. The van der Waals surface area contributed by atoms with Crippen LogP contribution in [0.4, 0.5) is 0 Å². The Bertz CT molecular complexity index is 872. The number of benzene rings is 3. The molecule has 142 valence electrons. The van der Waals surface area contributed by atoms with Gasteiger partial charge in [0.1, 0.15) is 12.4 Å². The summed E-state index contributed by atoms with van der Waals surface area (Å²) in [5.74, 6) is 0.856. The first-order valence-corrected chi connectivity index (χ1v) is 9.76. The van der Waals surface area contributed by atoms with Gasteiger partial charge in [-0.2, -0.15) is 0 Å². The van der Waals surface area contributed by atoms with Crippen molar-refractivity contribution >= 4 is 51.5 Å². The summed E-state index contributed by atoms with van der Waals surface area (Å²) in [5.41, 5.74) is 3.24. The van der Waals surface area contributed by atoms with Crippen LogP contribution in [-0.4, -0.2) is 0 Å². The van der Waals surface area contributed by atoms with Crippen molar-refractivity contribution in [2.24, 2.45) is 0 Å². The second kappa shape index (κ2) is 10.9. The fourth-order valence-electron chi connectivity index (χ4n) is 2.54. The second-order valence-electron chi connectivity index (χ2n) is 5.86. The van der Waals surface area contributed by atoms with Crippen molar-refractivity contribution in [2.45, 2.75) is 19.7 Å². The molecule has 3 aromatic carbocycles. The van der Waals surface area contributed by atoms with Crippen LogP contribution in [0, 0.1) is 0 Å². The molecule has 6 heteroatoms. The van der Waals surface area contributed by atoms with E-state index in [1.165, 1.54) is 0 Å².